The molecule has 1 saturated carbocycles. The van der Waals surface area contributed by atoms with Gasteiger partial charge in [-0.15, -0.1) is 0 Å². The van der Waals surface area contributed by atoms with Gasteiger partial charge in [0, 0.05) is 18.6 Å². The van der Waals surface area contributed by atoms with Crippen molar-refractivity contribution in [1.29, 1.82) is 0 Å². The Morgan fingerprint density at radius 2 is 2.20 bits per heavy atom. The first-order chi connectivity index (χ1) is 7.17. The third-order valence-corrected chi connectivity index (χ3v) is 3.00. The highest BCUT2D eigenvalue weighted by Crippen LogP contribution is 2.44. The number of carbonyl (C=O) groups is 1. The number of hydrogen-bond acceptors (Lipinski definition) is 4. The van der Waals surface area contributed by atoms with Gasteiger partial charge in [0.05, 0.1) is 6.61 Å². The molecule has 1 rings (SSSR count). The van der Waals surface area contributed by atoms with Crippen LogP contribution in [-0.2, 0) is 9.53 Å². The number of rotatable bonds is 7. The molecule has 4 nitrogen and oxygen atoms in total. The van der Waals surface area contributed by atoms with Gasteiger partial charge in [0.2, 0.25) is 0 Å². The maximum Gasteiger partial charge on any atom is 0.323 e. The van der Waals surface area contributed by atoms with Crippen molar-refractivity contribution in [2.24, 2.45) is 5.41 Å². The molecule has 1 fully saturated rings. The van der Waals surface area contributed by atoms with Crippen LogP contribution in [0, 0.1) is 5.41 Å². The smallest absolute Gasteiger partial charge is 0.323 e. The molecule has 0 aromatic rings. The van der Waals surface area contributed by atoms with Gasteiger partial charge in [-0.3, -0.25) is 4.79 Å². The van der Waals surface area contributed by atoms with Gasteiger partial charge in [-0.05, 0) is 26.2 Å². The molecule has 1 aliphatic rings. The van der Waals surface area contributed by atoms with Crippen LogP contribution in [-0.4, -0.2) is 36.9 Å². The summed E-state index contributed by atoms with van der Waals surface area (Å²) in [6.45, 7) is 5.09. The van der Waals surface area contributed by atoms with Crippen molar-refractivity contribution in [2.45, 2.75) is 39.2 Å². The lowest BCUT2D eigenvalue weighted by atomic mass is 10.1. The van der Waals surface area contributed by atoms with Crippen LogP contribution in [0.15, 0.2) is 0 Å². The molecule has 0 amide bonds. The van der Waals surface area contributed by atoms with E-state index in [2.05, 4.69) is 5.32 Å². The van der Waals surface area contributed by atoms with Gasteiger partial charge in [-0.2, -0.15) is 0 Å². The molecule has 88 valence electrons. The maximum absolute atomic E-state index is 11.5. The number of aliphatic hydroxyl groups excluding tert-OH is 1. The highest BCUT2D eigenvalue weighted by atomic mass is 16.5. The van der Waals surface area contributed by atoms with Crippen molar-refractivity contribution in [3.63, 3.8) is 0 Å². The van der Waals surface area contributed by atoms with Crippen molar-refractivity contribution in [2.75, 3.05) is 19.8 Å². The fraction of sp³-hybridized carbons (Fsp3) is 0.909. The zero-order valence-corrected chi connectivity index (χ0v) is 9.58. The molecule has 0 spiro atoms. The average molecular weight is 215 g/mol. The quantitative estimate of drug-likeness (QED) is 0.613. The zero-order chi connectivity index (χ0) is 11.3. The highest BCUT2D eigenvalue weighted by molar-refractivity contribution is 5.75. The number of ether oxygens (including phenoxy) is 1. The van der Waals surface area contributed by atoms with Gasteiger partial charge in [0.15, 0.2) is 0 Å². The van der Waals surface area contributed by atoms with Crippen LogP contribution >= 0.6 is 0 Å². The predicted octanol–water partition coefficient (Wildman–Crippen LogP) is 0.690. The van der Waals surface area contributed by atoms with Crippen LogP contribution in [0.3, 0.4) is 0 Å². The van der Waals surface area contributed by atoms with E-state index < -0.39 is 0 Å². The third kappa shape index (κ3) is 3.47. The normalized spacial score (nSPS) is 19.7. The van der Waals surface area contributed by atoms with E-state index in [-0.39, 0.29) is 24.0 Å². The molecule has 0 saturated heterocycles. The van der Waals surface area contributed by atoms with E-state index in [4.69, 9.17) is 9.84 Å². The summed E-state index contributed by atoms with van der Waals surface area (Å²) in [4.78, 5) is 11.5. The van der Waals surface area contributed by atoms with E-state index in [9.17, 15) is 4.79 Å². The van der Waals surface area contributed by atoms with Crippen molar-refractivity contribution < 1.29 is 14.6 Å². The molecular weight excluding hydrogens is 194 g/mol. The zero-order valence-electron chi connectivity index (χ0n) is 9.58. The van der Waals surface area contributed by atoms with Crippen LogP contribution in [0.2, 0.25) is 0 Å². The Hall–Kier alpha value is -0.610. The highest BCUT2D eigenvalue weighted by Gasteiger charge is 2.42. The second-order valence-corrected chi connectivity index (χ2v) is 4.25. The van der Waals surface area contributed by atoms with Crippen LogP contribution in [0.25, 0.3) is 0 Å². The summed E-state index contributed by atoms with van der Waals surface area (Å²) >= 11 is 0. The molecule has 1 aliphatic carbocycles. The van der Waals surface area contributed by atoms with Gasteiger partial charge in [0.25, 0.3) is 0 Å². The summed E-state index contributed by atoms with van der Waals surface area (Å²) in [5, 5.41) is 12.3. The second kappa shape index (κ2) is 5.47. The minimum atomic E-state index is -0.228. The van der Waals surface area contributed by atoms with Crippen molar-refractivity contribution in [1.82, 2.24) is 5.32 Å². The van der Waals surface area contributed by atoms with Crippen LogP contribution in [0.5, 0.6) is 0 Å². The number of hydrogen-bond donors (Lipinski definition) is 2. The fourth-order valence-corrected chi connectivity index (χ4v) is 1.54. The largest absolute Gasteiger partial charge is 0.465 e. The lowest BCUT2D eigenvalue weighted by molar-refractivity contribution is -0.145. The molecule has 0 bridgehead atoms. The average Bonchev–Trinajstić information content (AvgIpc) is 3.00. The first kappa shape index (κ1) is 12.5. The molecule has 0 aromatic carbocycles. The summed E-state index contributed by atoms with van der Waals surface area (Å²) in [6.07, 6.45) is 2.83. The van der Waals surface area contributed by atoms with E-state index >= 15 is 0 Å². The van der Waals surface area contributed by atoms with Crippen LogP contribution < -0.4 is 5.32 Å². The summed E-state index contributed by atoms with van der Waals surface area (Å²) in [6, 6.07) is -0.228. The Kier molecular flexibility index (Phi) is 4.54. The number of carbonyl (C=O) groups excluding carboxylic acids is 1. The monoisotopic (exact) mass is 215 g/mol. The van der Waals surface area contributed by atoms with E-state index in [1.165, 1.54) is 0 Å². The Morgan fingerprint density at radius 1 is 1.53 bits per heavy atom. The Morgan fingerprint density at radius 3 is 2.60 bits per heavy atom. The third-order valence-electron chi connectivity index (χ3n) is 3.00. The van der Waals surface area contributed by atoms with Gasteiger partial charge in [-0.1, -0.05) is 6.92 Å². The Balaban J connectivity index is 2.30. The maximum atomic E-state index is 11.5. The number of aliphatic hydroxyl groups is 1. The molecule has 0 aromatic heterocycles. The first-order valence-corrected chi connectivity index (χ1v) is 5.68. The Bertz CT molecular complexity index is 214. The van der Waals surface area contributed by atoms with Gasteiger partial charge >= 0.3 is 5.97 Å². The summed E-state index contributed by atoms with van der Waals surface area (Å²) in [5.74, 6) is -0.186. The second-order valence-electron chi connectivity index (χ2n) is 4.25. The SMILES string of the molecule is CCOC(=O)C(CC)NCC1(CO)CC1. The molecule has 2 N–H and O–H groups in total. The minimum absolute atomic E-state index is 0.0416. The van der Waals surface area contributed by atoms with E-state index in [0.29, 0.717) is 13.2 Å². The molecule has 1 atom stereocenters. The number of esters is 1. The molecule has 15 heavy (non-hydrogen) atoms. The van der Waals surface area contributed by atoms with Gasteiger partial charge in [-0.25, -0.2) is 0 Å². The lowest BCUT2D eigenvalue weighted by Gasteiger charge is -2.19. The van der Waals surface area contributed by atoms with Gasteiger partial charge < -0.3 is 15.2 Å². The predicted molar refractivity (Wildman–Crippen MR) is 57.5 cm³/mol. The molecule has 1 unspecified atom stereocenters. The topological polar surface area (TPSA) is 58.6 Å². The molecule has 4 heteroatoms. The molecular formula is C11H21NO3. The van der Waals surface area contributed by atoms with Crippen molar-refractivity contribution in [3.05, 3.63) is 0 Å². The summed E-state index contributed by atoms with van der Waals surface area (Å²) in [7, 11) is 0. The van der Waals surface area contributed by atoms with Crippen molar-refractivity contribution >= 4 is 5.97 Å². The number of nitrogens with one attached hydrogen (secondary N) is 1. The van der Waals surface area contributed by atoms with Crippen LogP contribution in [0.1, 0.15) is 33.1 Å². The van der Waals surface area contributed by atoms with E-state index in [1.54, 1.807) is 6.92 Å². The van der Waals surface area contributed by atoms with Crippen LogP contribution in [0.4, 0.5) is 0 Å². The van der Waals surface area contributed by atoms with Gasteiger partial charge in [0.1, 0.15) is 6.04 Å². The fourth-order valence-electron chi connectivity index (χ4n) is 1.54. The minimum Gasteiger partial charge on any atom is -0.465 e. The summed E-state index contributed by atoms with van der Waals surface area (Å²) in [5.41, 5.74) is 0.0416. The molecule has 0 radical (unpaired) electrons. The standard InChI is InChI=1S/C11H21NO3/c1-3-9(10(14)15-4-2)12-7-11(8-13)5-6-11/h9,12-13H,3-8H2,1-2H3. The van der Waals surface area contributed by atoms with Crippen molar-refractivity contribution in [3.8, 4) is 0 Å². The molecule has 0 aliphatic heterocycles. The first-order valence-electron chi connectivity index (χ1n) is 5.68. The van der Waals surface area contributed by atoms with E-state index in [1.807, 2.05) is 6.92 Å². The lowest BCUT2D eigenvalue weighted by Crippen LogP contribution is -2.41. The Labute approximate surface area is 91.0 Å². The summed E-state index contributed by atoms with van der Waals surface area (Å²) < 4.78 is 4.95. The molecule has 0 heterocycles. The van der Waals surface area contributed by atoms with E-state index in [0.717, 1.165) is 19.3 Å².